The molecule has 2 amide bonds. The van der Waals surface area contributed by atoms with Gasteiger partial charge in [-0.05, 0) is 25.7 Å². The molecular formula is C14H22N4O3. The van der Waals surface area contributed by atoms with Crippen molar-refractivity contribution >= 4 is 11.8 Å². The first-order valence-electron chi connectivity index (χ1n) is 7.47. The average Bonchev–Trinajstić information content (AvgIpc) is 3.15. The van der Waals surface area contributed by atoms with Crippen molar-refractivity contribution in [3.63, 3.8) is 0 Å². The molecule has 2 aliphatic rings. The molecule has 116 valence electrons. The minimum atomic E-state index is -0.327. The van der Waals surface area contributed by atoms with E-state index in [1.54, 1.807) is 9.80 Å². The van der Waals surface area contributed by atoms with Crippen LogP contribution >= 0.6 is 0 Å². The van der Waals surface area contributed by atoms with Gasteiger partial charge >= 0.3 is 0 Å². The van der Waals surface area contributed by atoms with Crippen LogP contribution in [0.3, 0.4) is 0 Å². The monoisotopic (exact) mass is 294 g/mol. The van der Waals surface area contributed by atoms with E-state index >= 15 is 0 Å². The fraction of sp³-hybridized carbons (Fsp3) is 0.786. The Morgan fingerprint density at radius 2 is 1.76 bits per heavy atom. The number of rotatable bonds is 5. The molecular weight excluding hydrogens is 272 g/mol. The lowest BCUT2D eigenvalue weighted by molar-refractivity contribution is -0.132. The number of hydrogen-bond donors (Lipinski definition) is 2. The molecule has 7 heteroatoms. The molecule has 0 aliphatic carbocycles. The van der Waals surface area contributed by atoms with Gasteiger partial charge in [-0.1, -0.05) is 0 Å². The van der Waals surface area contributed by atoms with Gasteiger partial charge in [0.15, 0.2) is 0 Å². The Kier molecular flexibility index (Phi) is 5.53. The number of nitriles is 1. The predicted octanol–water partition coefficient (Wildman–Crippen LogP) is -0.926. The molecule has 0 aromatic carbocycles. The summed E-state index contributed by atoms with van der Waals surface area (Å²) in [5.74, 6) is -0.218. The molecule has 0 unspecified atom stereocenters. The van der Waals surface area contributed by atoms with Crippen LogP contribution in [0.2, 0.25) is 0 Å². The molecule has 0 radical (unpaired) electrons. The van der Waals surface area contributed by atoms with Crippen molar-refractivity contribution in [1.82, 2.24) is 15.1 Å². The van der Waals surface area contributed by atoms with E-state index in [0.29, 0.717) is 13.1 Å². The third-order valence-electron chi connectivity index (χ3n) is 4.18. The van der Waals surface area contributed by atoms with Crippen molar-refractivity contribution < 1.29 is 14.7 Å². The largest absolute Gasteiger partial charge is 0.394 e. The summed E-state index contributed by atoms with van der Waals surface area (Å²) in [7, 11) is 0. The molecule has 0 spiro atoms. The summed E-state index contributed by atoms with van der Waals surface area (Å²) in [4.78, 5) is 27.2. The van der Waals surface area contributed by atoms with Gasteiger partial charge in [-0.15, -0.1) is 0 Å². The number of amides is 2. The molecule has 2 saturated heterocycles. The van der Waals surface area contributed by atoms with Crippen LogP contribution < -0.4 is 5.32 Å². The number of nitrogens with one attached hydrogen (secondary N) is 1. The van der Waals surface area contributed by atoms with Crippen molar-refractivity contribution in [1.29, 1.82) is 5.26 Å². The highest BCUT2D eigenvalue weighted by Gasteiger charge is 2.29. The van der Waals surface area contributed by atoms with Crippen molar-refractivity contribution in [2.45, 2.75) is 37.8 Å². The maximum absolute atomic E-state index is 12.0. The zero-order valence-electron chi connectivity index (χ0n) is 12.1. The van der Waals surface area contributed by atoms with Crippen LogP contribution in [0.4, 0.5) is 0 Å². The minimum absolute atomic E-state index is 0.0116. The first kappa shape index (κ1) is 15.7. The Hall–Kier alpha value is -1.65. The van der Waals surface area contributed by atoms with Crippen LogP contribution in [0.25, 0.3) is 0 Å². The van der Waals surface area contributed by atoms with Crippen molar-refractivity contribution in [3.05, 3.63) is 0 Å². The van der Waals surface area contributed by atoms with E-state index in [2.05, 4.69) is 11.4 Å². The standard InChI is InChI=1S/C14H22N4O3/c15-7-11-3-1-5-17(11)13(20)8-16-9-14(21)18-6-2-4-12(18)10-19/h11-12,16,19H,1-6,8-10H2/t11-,12+/m0/s1. The first-order chi connectivity index (χ1) is 10.2. The highest BCUT2D eigenvalue weighted by Crippen LogP contribution is 2.17. The van der Waals surface area contributed by atoms with Gasteiger partial charge in [0.1, 0.15) is 6.04 Å². The van der Waals surface area contributed by atoms with E-state index < -0.39 is 0 Å². The van der Waals surface area contributed by atoms with Crippen LogP contribution in [0.15, 0.2) is 0 Å². The molecule has 0 saturated carbocycles. The third-order valence-corrected chi connectivity index (χ3v) is 4.18. The van der Waals surface area contributed by atoms with Gasteiger partial charge in [-0.25, -0.2) is 0 Å². The molecule has 0 aromatic heterocycles. The average molecular weight is 294 g/mol. The summed E-state index contributed by atoms with van der Waals surface area (Å²) < 4.78 is 0. The Balaban J connectivity index is 1.73. The molecule has 7 nitrogen and oxygen atoms in total. The molecule has 2 fully saturated rings. The van der Waals surface area contributed by atoms with Gasteiger partial charge in [0.05, 0.1) is 31.8 Å². The summed E-state index contributed by atoms with van der Waals surface area (Å²) in [5.41, 5.74) is 0. The van der Waals surface area contributed by atoms with E-state index in [1.165, 1.54) is 0 Å². The highest BCUT2D eigenvalue weighted by atomic mass is 16.3. The zero-order chi connectivity index (χ0) is 15.2. The number of nitrogens with zero attached hydrogens (tertiary/aromatic N) is 3. The summed E-state index contributed by atoms with van der Waals surface area (Å²) >= 11 is 0. The van der Waals surface area contributed by atoms with Gasteiger partial charge in [0.25, 0.3) is 0 Å². The fourth-order valence-electron chi connectivity index (χ4n) is 3.03. The maximum atomic E-state index is 12.0. The van der Waals surface area contributed by atoms with Crippen LogP contribution in [0, 0.1) is 11.3 Å². The Morgan fingerprint density at radius 1 is 1.14 bits per heavy atom. The van der Waals surface area contributed by atoms with E-state index in [1.807, 2.05) is 0 Å². The lowest BCUT2D eigenvalue weighted by atomic mass is 10.2. The number of hydrogen-bond acceptors (Lipinski definition) is 5. The Bertz CT molecular complexity index is 434. The number of carbonyl (C=O) groups excluding carboxylic acids is 2. The lowest BCUT2D eigenvalue weighted by Crippen LogP contribution is -2.46. The van der Waals surface area contributed by atoms with Crippen molar-refractivity contribution in [3.8, 4) is 6.07 Å². The Labute approximate surface area is 124 Å². The van der Waals surface area contributed by atoms with Crippen molar-refractivity contribution in [2.24, 2.45) is 0 Å². The summed E-state index contributed by atoms with van der Waals surface area (Å²) in [5, 5.41) is 21.0. The summed E-state index contributed by atoms with van der Waals surface area (Å²) in [6.45, 7) is 1.44. The van der Waals surface area contributed by atoms with E-state index in [-0.39, 0.29) is 43.6 Å². The van der Waals surface area contributed by atoms with E-state index in [4.69, 9.17) is 5.26 Å². The topological polar surface area (TPSA) is 96.7 Å². The predicted molar refractivity (Wildman–Crippen MR) is 75.0 cm³/mol. The normalized spacial score (nSPS) is 25.1. The van der Waals surface area contributed by atoms with Crippen LogP contribution in [-0.4, -0.2) is 71.6 Å². The summed E-state index contributed by atoms with van der Waals surface area (Å²) in [6.07, 6.45) is 3.33. The van der Waals surface area contributed by atoms with Crippen molar-refractivity contribution in [2.75, 3.05) is 32.8 Å². The zero-order valence-corrected chi connectivity index (χ0v) is 12.1. The second kappa shape index (κ2) is 7.38. The second-order valence-electron chi connectivity index (χ2n) is 5.54. The highest BCUT2D eigenvalue weighted by molar-refractivity contribution is 5.82. The molecule has 2 rings (SSSR count). The second-order valence-corrected chi connectivity index (χ2v) is 5.54. The van der Waals surface area contributed by atoms with E-state index in [0.717, 1.165) is 25.7 Å². The number of aliphatic hydroxyl groups excluding tert-OH is 1. The lowest BCUT2D eigenvalue weighted by Gasteiger charge is -2.24. The molecule has 2 aliphatic heterocycles. The first-order valence-corrected chi connectivity index (χ1v) is 7.47. The minimum Gasteiger partial charge on any atom is -0.394 e. The fourth-order valence-corrected chi connectivity index (χ4v) is 3.03. The third kappa shape index (κ3) is 3.71. The van der Waals surface area contributed by atoms with Gasteiger partial charge in [-0.3, -0.25) is 14.9 Å². The molecule has 0 aromatic rings. The van der Waals surface area contributed by atoms with Crippen LogP contribution in [-0.2, 0) is 9.59 Å². The number of carbonyl (C=O) groups is 2. The SMILES string of the molecule is N#C[C@@H]1CCCN1C(=O)CNCC(=O)N1CCC[C@@H]1CO. The van der Waals surface area contributed by atoms with Gasteiger partial charge in [0.2, 0.25) is 11.8 Å². The van der Waals surface area contributed by atoms with Crippen LogP contribution in [0.1, 0.15) is 25.7 Å². The number of aliphatic hydroxyl groups is 1. The Morgan fingerprint density at radius 3 is 2.43 bits per heavy atom. The smallest absolute Gasteiger partial charge is 0.237 e. The molecule has 2 N–H and O–H groups in total. The molecule has 2 heterocycles. The quantitative estimate of drug-likeness (QED) is 0.683. The molecule has 2 atom stereocenters. The van der Waals surface area contributed by atoms with Gasteiger partial charge < -0.3 is 14.9 Å². The maximum Gasteiger partial charge on any atom is 0.237 e. The summed E-state index contributed by atoms with van der Waals surface area (Å²) in [6, 6.07) is 1.71. The van der Waals surface area contributed by atoms with E-state index in [9.17, 15) is 14.7 Å². The van der Waals surface area contributed by atoms with Gasteiger partial charge in [0, 0.05) is 13.1 Å². The van der Waals surface area contributed by atoms with Crippen LogP contribution in [0.5, 0.6) is 0 Å². The molecule has 0 bridgehead atoms. The van der Waals surface area contributed by atoms with Gasteiger partial charge in [-0.2, -0.15) is 5.26 Å². The number of likely N-dealkylation sites (tertiary alicyclic amines) is 2. The molecule has 21 heavy (non-hydrogen) atoms.